The van der Waals surface area contributed by atoms with Gasteiger partial charge in [0.15, 0.2) is 0 Å². The first-order chi connectivity index (χ1) is 12.7. The van der Waals surface area contributed by atoms with E-state index in [9.17, 15) is 4.39 Å². The monoisotopic (exact) mass is 351 g/mol. The summed E-state index contributed by atoms with van der Waals surface area (Å²) < 4.78 is 19.5. The number of rotatable bonds is 3. The topological polar surface area (TPSA) is 28.6 Å². The van der Waals surface area contributed by atoms with Gasteiger partial charge >= 0.3 is 0 Å². The number of ether oxygens (including phenoxy) is 1. The third-order valence-corrected chi connectivity index (χ3v) is 5.01. The minimum Gasteiger partial charge on any atom is -0.494 e. The van der Waals surface area contributed by atoms with E-state index in [1.165, 1.54) is 11.6 Å². The van der Waals surface area contributed by atoms with E-state index in [-0.39, 0.29) is 5.82 Å². The van der Waals surface area contributed by atoms with Gasteiger partial charge in [0.2, 0.25) is 0 Å². The number of nitrogens with zero attached hydrogens (tertiary/aromatic N) is 3. The molecule has 1 aliphatic rings. The first-order valence-corrected chi connectivity index (χ1v) is 8.86. The molecule has 1 aromatic heterocycles. The van der Waals surface area contributed by atoms with Crippen molar-refractivity contribution in [2.75, 3.05) is 43.1 Å². The molecule has 0 unspecified atom stereocenters. The third kappa shape index (κ3) is 2.94. The summed E-state index contributed by atoms with van der Waals surface area (Å²) in [7, 11) is 1.67. The molecular weight excluding hydrogens is 329 g/mol. The van der Waals surface area contributed by atoms with Gasteiger partial charge < -0.3 is 14.5 Å². The normalized spacial score (nSPS) is 14.7. The van der Waals surface area contributed by atoms with E-state index < -0.39 is 0 Å². The Labute approximate surface area is 152 Å². The van der Waals surface area contributed by atoms with Gasteiger partial charge in [0.05, 0.1) is 12.8 Å². The zero-order valence-corrected chi connectivity index (χ0v) is 15.1. The number of aromatic nitrogens is 1. The predicted octanol–water partition coefficient (Wildman–Crippen LogP) is 4.02. The number of halogens is 1. The Hall–Kier alpha value is -2.82. The number of piperazine rings is 1. The molecule has 1 fully saturated rings. The van der Waals surface area contributed by atoms with Gasteiger partial charge in [0.1, 0.15) is 22.9 Å². The van der Waals surface area contributed by atoms with Gasteiger partial charge in [-0.15, -0.1) is 0 Å². The van der Waals surface area contributed by atoms with Crippen LogP contribution in [0, 0.1) is 12.7 Å². The molecule has 0 bridgehead atoms. The highest BCUT2D eigenvalue weighted by Gasteiger charge is 2.21. The number of pyridine rings is 1. The van der Waals surface area contributed by atoms with Crippen LogP contribution in [0.2, 0.25) is 0 Å². The van der Waals surface area contributed by atoms with Crippen LogP contribution in [0.1, 0.15) is 5.56 Å². The van der Waals surface area contributed by atoms with Crippen LogP contribution in [-0.2, 0) is 0 Å². The molecule has 134 valence electrons. The number of benzene rings is 2. The Kier molecular flexibility index (Phi) is 4.37. The van der Waals surface area contributed by atoms with Crippen molar-refractivity contribution < 1.29 is 9.13 Å². The molecular formula is C21H22FN3O. The Morgan fingerprint density at radius 3 is 2.42 bits per heavy atom. The molecule has 5 heteroatoms. The standard InChI is InChI=1S/C21H22FN3O/c1-15-14-20(23-21-16(15)6-5-9-19(21)26-2)25-12-10-24(11-13-25)18-8-4-3-7-17(18)22/h3-9,14H,10-13H2,1-2H3. The first kappa shape index (κ1) is 16.6. The van der Waals surface area contributed by atoms with Crippen molar-refractivity contribution in [3.63, 3.8) is 0 Å². The second-order valence-corrected chi connectivity index (χ2v) is 6.58. The van der Waals surface area contributed by atoms with E-state index in [2.05, 4.69) is 28.9 Å². The highest BCUT2D eigenvalue weighted by Crippen LogP contribution is 2.30. The molecule has 0 atom stereocenters. The highest BCUT2D eigenvalue weighted by molar-refractivity contribution is 5.88. The van der Waals surface area contributed by atoms with Gasteiger partial charge in [-0.2, -0.15) is 0 Å². The lowest BCUT2D eigenvalue weighted by atomic mass is 10.1. The molecule has 1 aliphatic heterocycles. The number of hydrogen-bond acceptors (Lipinski definition) is 4. The SMILES string of the molecule is COc1cccc2c(C)cc(N3CCN(c4ccccc4F)CC3)nc12. The summed E-state index contributed by atoms with van der Waals surface area (Å²) >= 11 is 0. The minimum atomic E-state index is -0.162. The molecule has 4 rings (SSSR count). The third-order valence-electron chi connectivity index (χ3n) is 5.01. The van der Waals surface area contributed by atoms with Gasteiger partial charge in [0, 0.05) is 31.6 Å². The summed E-state index contributed by atoms with van der Waals surface area (Å²) in [5.74, 6) is 1.58. The number of para-hydroxylation sites is 2. The van der Waals surface area contributed by atoms with Gasteiger partial charge in [-0.3, -0.25) is 0 Å². The van der Waals surface area contributed by atoms with Crippen LogP contribution in [0.5, 0.6) is 5.75 Å². The maximum absolute atomic E-state index is 14.0. The lowest BCUT2D eigenvalue weighted by Gasteiger charge is -2.37. The molecule has 1 saturated heterocycles. The van der Waals surface area contributed by atoms with Crippen LogP contribution in [0.3, 0.4) is 0 Å². The molecule has 0 amide bonds. The molecule has 3 aromatic rings. The van der Waals surface area contributed by atoms with Crippen molar-refractivity contribution in [2.45, 2.75) is 6.92 Å². The maximum Gasteiger partial charge on any atom is 0.146 e. The fourth-order valence-electron chi connectivity index (χ4n) is 3.59. The second-order valence-electron chi connectivity index (χ2n) is 6.58. The van der Waals surface area contributed by atoms with Gasteiger partial charge in [-0.25, -0.2) is 9.37 Å². The number of methoxy groups -OCH3 is 1. The summed E-state index contributed by atoms with van der Waals surface area (Å²) in [5, 5.41) is 1.11. The van der Waals surface area contributed by atoms with Crippen LogP contribution in [0.25, 0.3) is 10.9 Å². The van der Waals surface area contributed by atoms with Crippen molar-refractivity contribution in [1.29, 1.82) is 0 Å². The lowest BCUT2D eigenvalue weighted by molar-refractivity contribution is 0.419. The average Bonchev–Trinajstić information content (AvgIpc) is 2.68. The van der Waals surface area contributed by atoms with Gasteiger partial charge in [0.25, 0.3) is 0 Å². The first-order valence-electron chi connectivity index (χ1n) is 8.86. The van der Waals surface area contributed by atoms with Gasteiger partial charge in [-0.05, 0) is 36.8 Å². The fraction of sp³-hybridized carbons (Fsp3) is 0.286. The summed E-state index contributed by atoms with van der Waals surface area (Å²) in [5.41, 5.74) is 2.75. The van der Waals surface area contributed by atoms with E-state index in [1.54, 1.807) is 13.2 Å². The lowest BCUT2D eigenvalue weighted by Crippen LogP contribution is -2.47. The number of fused-ring (bicyclic) bond motifs is 1. The molecule has 0 aliphatic carbocycles. The van der Waals surface area contributed by atoms with E-state index in [0.29, 0.717) is 5.69 Å². The Morgan fingerprint density at radius 2 is 1.69 bits per heavy atom. The predicted molar refractivity (Wildman–Crippen MR) is 104 cm³/mol. The van der Waals surface area contributed by atoms with Crippen LogP contribution < -0.4 is 14.5 Å². The summed E-state index contributed by atoms with van der Waals surface area (Å²) in [6.45, 7) is 5.25. The van der Waals surface area contributed by atoms with E-state index >= 15 is 0 Å². The van der Waals surface area contributed by atoms with Crippen molar-refractivity contribution in [2.24, 2.45) is 0 Å². The van der Waals surface area contributed by atoms with Crippen LogP contribution >= 0.6 is 0 Å². The maximum atomic E-state index is 14.0. The zero-order valence-electron chi connectivity index (χ0n) is 15.1. The van der Waals surface area contributed by atoms with Gasteiger partial charge in [-0.1, -0.05) is 24.3 Å². The van der Waals surface area contributed by atoms with Crippen molar-refractivity contribution in [3.8, 4) is 5.75 Å². The van der Waals surface area contributed by atoms with Crippen molar-refractivity contribution >= 4 is 22.4 Å². The molecule has 0 saturated carbocycles. The fourth-order valence-corrected chi connectivity index (χ4v) is 3.59. The molecule has 4 nitrogen and oxygen atoms in total. The molecule has 2 heterocycles. The Morgan fingerprint density at radius 1 is 0.962 bits per heavy atom. The number of aryl methyl sites for hydroxylation is 1. The van der Waals surface area contributed by atoms with Crippen molar-refractivity contribution in [3.05, 3.63) is 59.9 Å². The smallest absolute Gasteiger partial charge is 0.146 e. The van der Waals surface area contributed by atoms with Crippen LogP contribution in [0.15, 0.2) is 48.5 Å². The van der Waals surface area contributed by atoms with Crippen LogP contribution in [0.4, 0.5) is 15.9 Å². The van der Waals surface area contributed by atoms with E-state index in [4.69, 9.17) is 9.72 Å². The molecule has 26 heavy (non-hydrogen) atoms. The summed E-state index contributed by atoms with van der Waals surface area (Å²) in [4.78, 5) is 9.21. The molecule has 2 aromatic carbocycles. The number of anilines is 2. The summed E-state index contributed by atoms with van der Waals surface area (Å²) in [6.07, 6.45) is 0. The van der Waals surface area contributed by atoms with Crippen molar-refractivity contribution in [1.82, 2.24) is 4.98 Å². The Balaban J connectivity index is 1.59. The minimum absolute atomic E-state index is 0.162. The number of hydrogen-bond donors (Lipinski definition) is 0. The Bertz CT molecular complexity index is 936. The average molecular weight is 351 g/mol. The van der Waals surface area contributed by atoms with E-state index in [0.717, 1.165) is 48.6 Å². The molecule has 0 spiro atoms. The van der Waals surface area contributed by atoms with Crippen LogP contribution in [-0.4, -0.2) is 38.3 Å². The highest BCUT2D eigenvalue weighted by atomic mass is 19.1. The molecule has 0 N–H and O–H groups in total. The molecule has 0 radical (unpaired) electrons. The quantitative estimate of drug-likeness (QED) is 0.713. The largest absolute Gasteiger partial charge is 0.494 e. The zero-order chi connectivity index (χ0) is 18.1. The summed E-state index contributed by atoms with van der Waals surface area (Å²) in [6, 6.07) is 15.1. The second kappa shape index (κ2) is 6.83. The van der Waals surface area contributed by atoms with E-state index in [1.807, 2.05) is 24.3 Å².